The fourth-order valence-corrected chi connectivity index (χ4v) is 5.94. The number of nitrogens with zero attached hydrogens (tertiary/aromatic N) is 2. The lowest BCUT2D eigenvalue weighted by Crippen LogP contribution is -2.09. The summed E-state index contributed by atoms with van der Waals surface area (Å²) in [6, 6.07) is 57.3. The molecule has 0 atom stereocenters. The number of benzene rings is 6. The van der Waals surface area contributed by atoms with Crippen LogP contribution in [0.3, 0.4) is 0 Å². The summed E-state index contributed by atoms with van der Waals surface area (Å²) >= 11 is 0. The van der Waals surface area contributed by atoms with E-state index in [-0.39, 0.29) is 0 Å². The zero-order valence-corrected chi connectivity index (χ0v) is 24.0. The Morgan fingerprint density at radius 2 is 0.864 bits per heavy atom. The summed E-state index contributed by atoms with van der Waals surface area (Å²) in [4.78, 5) is 6.94. The van der Waals surface area contributed by atoms with Crippen LogP contribution in [-0.4, -0.2) is 4.98 Å². The van der Waals surface area contributed by atoms with Crippen LogP contribution < -0.4 is 4.90 Å². The van der Waals surface area contributed by atoms with E-state index in [0.717, 1.165) is 50.3 Å². The molecule has 2 heterocycles. The first-order valence-corrected chi connectivity index (χ1v) is 14.8. The number of rotatable bonds is 6. The molecule has 3 heteroatoms. The van der Waals surface area contributed by atoms with Gasteiger partial charge in [0.1, 0.15) is 11.1 Å². The highest BCUT2D eigenvalue weighted by molar-refractivity contribution is 6.07. The lowest BCUT2D eigenvalue weighted by atomic mass is 10.0. The third kappa shape index (κ3) is 4.71. The molecular formula is C41H28N2O. The monoisotopic (exact) mass is 564 g/mol. The van der Waals surface area contributed by atoms with Gasteiger partial charge in [0.05, 0.1) is 0 Å². The van der Waals surface area contributed by atoms with E-state index < -0.39 is 0 Å². The van der Waals surface area contributed by atoms with Gasteiger partial charge in [0.15, 0.2) is 5.58 Å². The number of fused-ring (bicyclic) bond motifs is 3. The highest BCUT2D eigenvalue weighted by Gasteiger charge is 2.16. The molecule has 2 aromatic heterocycles. The molecule has 0 saturated carbocycles. The quantitative estimate of drug-likeness (QED) is 0.201. The second-order valence-electron chi connectivity index (χ2n) is 10.8. The van der Waals surface area contributed by atoms with Crippen LogP contribution >= 0.6 is 0 Å². The van der Waals surface area contributed by atoms with Crippen LogP contribution in [0.4, 0.5) is 17.1 Å². The van der Waals surface area contributed by atoms with E-state index >= 15 is 0 Å². The molecule has 0 aliphatic rings. The molecule has 0 aliphatic heterocycles. The van der Waals surface area contributed by atoms with Crippen molar-refractivity contribution < 1.29 is 4.42 Å². The second kappa shape index (κ2) is 11.0. The number of anilines is 3. The molecular weight excluding hydrogens is 536 g/mol. The fraction of sp³-hybridized carbons (Fsp3) is 0. The Balaban J connectivity index is 1.19. The molecule has 6 aromatic carbocycles. The number of para-hydroxylation sites is 1. The van der Waals surface area contributed by atoms with Gasteiger partial charge in [-0.05, 0) is 82.4 Å². The Hall–Kier alpha value is -5.93. The van der Waals surface area contributed by atoms with Crippen molar-refractivity contribution >= 4 is 39.1 Å². The first-order valence-electron chi connectivity index (χ1n) is 14.8. The summed E-state index contributed by atoms with van der Waals surface area (Å²) < 4.78 is 6.28. The smallest absolute Gasteiger partial charge is 0.161 e. The SMILES string of the molecule is c1ccc(-c2ccc(N(c3ccc(-c4ccccc4)cc3)c3ccc(-c4ccnc5c4oc4ccccc45)cc3)cc2)cc1. The maximum Gasteiger partial charge on any atom is 0.161 e. The van der Waals surface area contributed by atoms with Crippen LogP contribution in [0.5, 0.6) is 0 Å². The van der Waals surface area contributed by atoms with Crippen LogP contribution in [0.1, 0.15) is 0 Å². The molecule has 0 radical (unpaired) electrons. The zero-order valence-electron chi connectivity index (χ0n) is 24.0. The lowest BCUT2D eigenvalue weighted by Gasteiger charge is -2.26. The van der Waals surface area contributed by atoms with Gasteiger partial charge >= 0.3 is 0 Å². The van der Waals surface area contributed by atoms with E-state index in [9.17, 15) is 0 Å². The van der Waals surface area contributed by atoms with E-state index in [1.54, 1.807) is 0 Å². The molecule has 0 fully saturated rings. The van der Waals surface area contributed by atoms with Gasteiger partial charge in [-0.1, -0.05) is 109 Å². The molecule has 0 unspecified atom stereocenters. The minimum Gasteiger partial charge on any atom is -0.454 e. The summed E-state index contributed by atoms with van der Waals surface area (Å²) in [7, 11) is 0. The van der Waals surface area contributed by atoms with E-state index in [4.69, 9.17) is 4.42 Å². The van der Waals surface area contributed by atoms with Crippen molar-refractivity contribution in [3.05, 3.63) is 170 Å². The molecule has 0 saturated heterocycles. The Kier molecular flexibility index (Phi) is 6.47. The molecule has 0 N–H and O–H groups in total. The van der Waals surface area contributed by atoms with E-state index in [0.29, 0.717) is 0 Å². The topological polar surface area (TPSA) is 29.3 Å². The second-order valence-corrected chi connectivity index (χ2v) is 10.8. The highest BCUT2D eigenvalue weighted by atomic mass is 16.3. The standard InChI is InChI=1S/C41H28N2O/c1-3-9-29(10-4-1)31-15-21-34(22-16-31)43(35-23-17-32(18-24-35)30-11-5-2-6-12-30)36-25-19-33(20-26-36)37-27-28-42-40-38-13-7-8-14-39(38)44-41(37)40/h1-28H. The first-order chi connectivity index (χ1) is 21.8. The zero-order chi connectivity index (χ0) is 29.3. The Morgan fingerprint density at radius 1 is 0.409 bits per heavy atom. The molecule has 44 heavy (non-hydrogen) atoms. The van der Waals surface area contributed by atoms with Crippen LogP contribution in [0, 0.1) is 0 Å². The molecule has 8 aromatic rings. The molecule has 8 rings (SSSR count). The number of furan rings is 1. The van der Waals surface area contributed by atoms with Crippen molar-refractivity contribution in [2.75, 3.05) is 4.90 Å². The Bertz CT molecular complexity index is 2100. The third-order valence-corrected chi connectivity index (χ3v) is 8.16. The summed E-state index contributed by atoms with van der Waals surface area (Å²) in [5.41, 5.74) is 12.7. The van der Waals surface area contributed by atoms with Gasteiger partial charge in [0.2, 0.25) is 0 Å². The van der Waals surface area contributed by atoms with Gasteiger partial charge in [-0.25, -0.2) is 0 Å². The first kappa shape index (κ1) is 25.8. The van der Waals surface area contributed by atoms with Gasteiger partial charge < -0.3 is 9.32 Å². The number of hydrogen-bond donors (Lipinski definition) is 0. The summed E-state index contributed by atoms with van der Waals surface area (Å²) in [5, 5.41) is 1.03. The van der Waals surface area contributed by atoms with E-state index in [1.165, 1.54) is 22.3 Å². The van der Waals surface area contributed by atoms with Gasteiger partial charge in [-0.15, -0.1) is 0 Å². The molecule has 0 bridgehead atoms. The van der Waals surface area contributed by atoms with Gasteiger partial charge in [0, 0.05) is 34.2 Å². The van der Waals surface area contributed by atoms with Crippen molar-refractivity contribution in [3.63, 3.8) is 0 Å². The summed E-state index contributed by atoms with van der Waals surface area (Å²) in [6.45, 7) is 0. The maximum absolute atomic E-state index is 6.28. The van der Waals surface area contributed by atoms with Crippen molar-refractivity contribution in [2.24, 2.45) is 0 Å². The van der Waals surface area contributed by atoms with Crippen LogP contribution in [0.2, 0.25) is 0 Å². The highest BCUT2D eigenvalue weighted by Crippen LogP contribution is 2.39. The third-order valence-electron chi connectivity index (χ3n) is 8.16. The van der Waals surface area contributed by atoms with Crippen molar-refractivity contribution in [1.29, 1.82) is 0 Å². The average Bonchev–Trinajstić information content (AvgIpc) is 3.49. The Labute approximate surface area is 256 Å². The number of hydrogen-bond acceptors (Lipinski definition) is 3. The molecule has 3 nitrogen and oxygen atoms in total. The van der Waals surface area contributed by atoms with Crippen molar-refractivity contribution in [1.82, 2.24) is 4.98 Å². The number of aromatic nitrogens is 1. The Morgan fingerprint density at radius 3 is 1.41 bits per heavy atom. The average molecular weight is 565 g/mol. The van der Waals surface area contributed by atoms with Crippen molar-refractivity contribution in [2.45, 2.75) is 0 Å². The maximum atomic E-state index is 6.28. The minimum atomic E-state index is 0.811. The van der Waals surface area contributed by atoms with Gasteiger partial charge in [-0.2, -0.15) is 0 Å². The molecule has 0 spiro atoms. The lowest BCUT2D eigenvalue weighted by molar-refractivity contribution is 0.669. The summed E-state index contributed by atoms with van der Waals surface area (Å²) in [5.74, 6) is 0. The van der Waals surface area contributed by atoms with Crippen LogP contribution in [0.15, 0.2) is 174 Å². The fourth-order valence-electron chi connectivity index (χ4n) is 5.94. The summed E-state index contributed by atoms with van der Waals surface area (Å²) in [6.07, 6.45) is 1.86. The largest absolute Gasteiger partial charge is 0.454 e. The number of pyridine rings is 1. The minimum absolute atomic E-state index is 0.811. The van der Waals surface area contributed by atoms with Crippen LogP contribution in [-0.2, 0) is 0 Å². The predicted octanol–water partition coefficient (Wildman–Crippen LogP) is 11.5. The molecule has 0 aliphatic carbocycles. The normalized spacial score (nSPS) is 11.2. The molecule has 0 amide bonds. The van der Waals surface area contributed by atoms with E-state index in [2.05, 4.69) is 137 Å². The van der Waals surface area contributed by atoms with Gasteiger partial charge in [-0.3, -0.25) is 4.98 Å². The van der Waals surface area contributed by atoms with Gasteiger partial charge in [0.25, 0.3) is 0 Å². The van der Waals surface area contributed by atoms with Crippen LogP contribution in [0.25, 0.3) is 55.4 Å². The molecule has 208 valence electrons. The van der Waals surface area contributed by atoms with Crippen molar-refractivity contribution in [3.8, 4) is 33.4 Å². The van der Waals surface area contributed by atoms with E-state index in [1.807, 2.05) is 42.6 Å². The predicted molar refractivity (Wildman–Crippen MR) is 183 cm³/mol.